The van der Waals surface area contributed by atoms with Crippen LogP contribution in [0.25, 0.3) is 0 Å². The molecule has 0 aromatic heterocycles. The maximum Gasteiger partial charge on any atom is 0.339 e. The van der Waals surface area contributed by atoms with Gasteiger partial charge in [0.05, 0.1) is 19.3 Å². The molecule has 2 atom stereocenters. The fraction of sp³-hybridized carbons (Fsp3) is 0.440. The average Bonchev–Trinajstić information content (AvgIpc) is 2.76. The molecule has 2 rings (SSSR count). The van der Waals surface area contributed by atoms with Gasteiger partial charge in [0, 0.05) is 6.04 Å². The van der Waals surface area contributed by atoms with Crippen molar-refractivity contribution in [1.29, 1.82) is 0 Å². The highest BCUT2D eigenvalue weighted by atomic mass is 16.5. The zero-order chi connectivity index (χ0) is 22.8. The summed E-state index contributed by atoms with van der Waals surface area (Å²) in [6.45, 7) is 8.14. The van der Waals surface area contributed by atoms with Crippen LogP contribution in [-0.2, 0) is 16.0 Å². The number of rotatable bonds is 11. The first-order chi connectivity index (χ1) is 14.8. The third-order valence-corrected chi connectivity index (χ3v) is 4.72. The zero-order valence-electron chi connectivity index (χ0n) is 19.0. The van der Waals surface area contributed by atoms with Crippen LogP contribution < -0.4 is 14.8 Å². The lowest BCUT2D eigenvalue weighted by Crippen LogP contribution is -2.41. The normalized spacial score (nSPS) is 12.7. The van der Waals surface area contributed by atoms with Gasteiger partial charge in [-0.05, 0) is 56.4 Å². The van der Waals surface area contributed by atoms with Crippen LogP contribution >= 0.6 is 0 Å². The van der Waals surface area contributed by atoms with Crippen molar-refractivity contribution in [1.82, 2.24) is 5.32 Å². The van der Waals surface area contributed by atoms with Gasteiger partial charge < -0.3 is 19.5 Å². The molecule has 0 aliphatic heterocycles. The van der Waals surface area contributed by atoms with E-state index in [0.29, 0.717) is 29.6 Å². The first-order valence-corrected chi connectivity index (χ1v) is 10.7. The molecule has 0 bridgehead atoms. The van der Waals surface area contributed by atoms with Crippen molar-refractivity contribution in [2.75, 3.05) is 13.7 Å². The largest absolute Gasteiger partial charge is 0.493 e. The van der Waals surface area contributed by atoms with Crippen molar-refractivity contribution < 1.29 is 23.8 Å². The molecule has 0 heterocycles. The summed E-state index contributed by atoms with van der Waals surface area (Å²) >= 11 is 0. The Balaban J connectivity index is 1.88. The number of esters is 1. The molecule has 0 radical (unpaired) electrons. The van der Waals surface area contributed by atoms with E-state index < -0.39 is 12.1 Å². The number of hydrogen-bond acceptors (Lipinski definition) is 5. The van der Waals surface area contributed by atoms with Gasteiger partial charge in [0.25, 0.3) is 5.91 Å². The number of benzene rings is 2. The number of carbonyl (C=O) groups is 2. The van der Waals surface area contributed by atoms with E-state index in [0.717, 1.165) is 12.8 Å². The van der Waals surface area contributed by atoms with E-state index >= 15 is 0 Å². The number of nitrogens with one attached hydrogen (secondary N) is 1. The van der Waals surface area contributed by atoms with Crippen LogP contribution in [0.2, 0.25) is 0 Å². The maximum absolute atomic E-state index is 12.5. The summed E-state index contributed by atoms with van der Waals surface area (Å²) < 4.78 is 16.4. The summed E-state index contributed by atoms with van der Waals surface area (Å²) in [5, 5.41) is 2.90. The minimum absolute atomic E-state index is 0.0358. The van der Waals surface area contributed by atoms with Crippen molar-refractivity contribution >= 4 is 11.9 Å². The van der Waals surface area contributed by atoms with Gasteiger partial charge in [-0.2, -0.15) is 0 Å². The van der Waals surface area contributed by atoms with E-state index in [-0.39, 0.29) is 11.9 Å². The second-order valence-corrected chi connectivity index (χ2v) is 8.05. The Morgan fingerprint density at radius 2 is 1.68 bits per heavy atom. The molecule has 1 amide bonds. The molecule has 0 unspecified atom stereocenters. The van der Waals surface area contributed by atoms with Crippen molar-refractivity contribution in [3.63, 3.8) is 0 Å². The molecular weight excluding hydrogens is 394 g/mol. The van der Waals surface area contributed by atoms with Gasteiger partial charge in [0.1, 0.15) is 0 Å². The fourth-order valence-corrected chi connectivity index (χ4v) is 2.91. The summed E-state index contributed by atoms with van der Waals surface area (Å²) in [7, 11) is 1.51. The molecule has 0 saturated carbocycles. The topological polar surface area (TPSA) is 73.9 Å². The second-order valence-electron chi connectivity index (χ2n) is 8.05. The Kier molecular flexibility index (Phi) is 9.38. The van der Waals surface area contributed by atoms with Crippen LogP contribution in [0.1, 0.15) is 50.0 Å². The monoisotopic (exact) mass is 427 g/mol. The molecule has 0 aliphatic carbocycles. The number of aryl methyl sites for hydroxylation is 1. The Morgan fingerprint density at radius 1 is 0.968 bits per heavy atom. The highest BCUT2D eigenvalue weighted by Gasteiger charge is 2.21. The maximum atomic E-state index is 12.5. The van der Waals surface area contributed by atoms with Gasteiger partial charge in [-0.3, -0.25) is 4.79 Å². The van der Waals surface area contributed by atoms with E-state index in [1.54, 1.807) is 25.1 Å². The van der Waals surface area contributed by atoms with E-state index in [4.69, 9.17) is 14.2 Å². The van der Waals surface area contributed by atoms with E-state index in [1.165, 1.54) is 12.7 Å². The van der Waals surface area contributed by atoms with Crippen molar-refractivity contribution in [2.24, 2.45) is 5.92 Å². The smallest absolute Gasteiger partial charge is 0.339 e. The van der Waals surface area contributed by atoms with Gasteiger partial charge in [0.15, 0.2) is 17.6 Å². The summed E-state index contributed by atoms with van der Waals surface area (Å²) in [5.41, 5.74) is 1.52. The predicted molar refractivity (Wildman–Crippen MR) is 121 cm³/mol. The molecule has 31 heavy (non-hydrogen) atoms. The number of ether oxygens (including phenoxy) is 3. The minimum Gasteiger partial charge on any atom is -0.493 e. The highest BCUT2D eigenvalue weighted by molar-refractivity contribution is 5.92. The van der Waals surface area contributed by atoms with E-state index in [1.807, 2.05) is 39.0 Å². The van der Waals surface area contributed by atoms with Crippen LogP contribution in [0.15, 0.2) is 48.5 Å². The molecule has 168 valence electrons. The minimum atomic E-state index is -0.908. The molecule has 6 heteroatoms. The SMILES string of the molecule is COc1cc(C(=O)O[C@@H](C)C(=O)N[C@@H](C)CCc2ccccc2)ccc1OCC(C)C. The first kappa shape index (κ1) is 24.3. The molecule has 0 spiro atoms. The third-order valence-electron chi connectivity index (χ3n) is 4.72. The van der Waals surface area contributed by atoms with Crippen molar-refractivity contribution in [3.05, 3.63) is 59.7 Å². The van der Waals surface area contributed by atoms with Crippen LogP contribution in [0.4, 0.5) is 0 Å². The highest BCUT2D eigenvalue weighted by Crippen LogP contribution is 2.29. The number of carbonyl (C=O) groups excluding carboxylic acids is 2. The molecule has 2 aromatic rings. The van der Waals surface area contributed by atoms with Crippen molar-refractivity contribution in [3.8, 4) is 11.5 Å². The average molecular weight is 428 g/mol. The molecule has 6 nitrogen and oxygen atoms in total. The first-order valence-electron chi connectivity index (χ1n) is 10.7. The van der Waals surface area contributed by atoms with E-state index in [2.05, 4.69) is 17.4 Å². The van der Waals surface area contributed by atoms with Crippen molar-refractivity contribution in [2.45, 2.75) is 52.7 Å². The summed E-state index contributed by atoms with van der Waals surface area (Å²) in [4.78, 5) is 24.9. The Bertz CT molecular complexity index is 850. The quantitative estimate of drug-likeness (QED) is 0.538. The standard InChI is InChI=1S/C25H33NO5/c1-17(2)16-30-22-14-13-21(15-23(22)29-5)25(28)31-19(4)24(27)26-18(3)11-12-20-9-7-6-8-10-20/h6-10,13-15,17-19H,11-12,16H2,1-5H3,(H,26,27)/t18-,19-/m0/s1. The van der Waals surface area contributed by atoms with Crippen LogP contribution in [-0.4, -0.2) is 37.7 Å². The third kappa shape index (κ3) is 7.96. The summed E-state index contributed by atoms with van der Waals surface area (Å²) in [5.74, 6) is 0.461. The number of methoxy groups -OCH3 is 1. The van der Waals surface area contributed by atoms with Gasteiger partial charge in [-0.1, -0.05) is 44.2 Å². The molecule has 2 aromatic carbocycles. The second kappa shape index (κ2) is 12.0. The van der Waals surface area contributed by atoms with Crippen LogP contribution in [0, 0.1) is 5.92 Å². The molecular formula is C25H33NO5. The molecule has 0 saturated heterocycles. The number of hydrogen-bond donors (Lipinski definition) is 1. The molecule has 1 N–H and O–H groups in total. The Hall–Kier alpha value is -3.02. The Morgan fingerprint density at radius 3 is 2.32 bits per heavy atom. The lowest BCUT2D eigenvalue weighted by Gasteiger charge is -2.18. The van der Waals surface area contributed by atoms with Gasteiger partial charge >= 0.3 is 5.97 Å². The Labute approximate surface area is 184 Å². The van der Waals surface area contributed by atoms with Gasteiger partial charge in [-0.15, -0.1) is 0 Å². The summed E-state index contributed by atoms with van der Waals surface area (Å²) in [6.07, 6.45) is 0.752. The van der Waals surface area contributed by atoms with Gasteiger partial charge in [0.2, 0.25) is 0 Å². The zero-order valence-corrected chi connectivity index (χ0v) is 19.0. The van der Waals surface area contributed by atoms with Crippen LogP contribution in [0.5, 0.6) is 11.5 Å². The van der Waals surface area contributed by atoms with E-state index in [9.17, 15) is 9.59 Å². The predicted octanol–water partition coefficient (Wildman–Crippen LogP) is 4.41. The lowest BCUT2D eigenvalue weighted by molar-refractivity contribution is -0.129. The number of amides is 1. The summed E-state index contributed by atoms with van der Waals surface area (Å²) in [6, 6.07) is 14.9. The fourth-order valence-electron chi connectivity index (χ4n) is 2.91. The molecule has 0 aliphatic rings. The van der Waals surface area contributed by atoms with Crippen LogP contribution in [0.3, 0.4) is 0 Å². The molecule has 0 fully saturated rings. The lowest BCUT2D eigenvalue weighted by atomic mass is 10.1. The van der Waals surface area contributed by atoms with Gasteiger partial charge in [-0.25, -0.2) is 4.79 Å².